The van der Waals surface area contributed by atoms with E-state index >= 15 is 0 Å². The molecule has 2 aromatic carbocycles. The SMILES string of the molecule is CC(Nc1ccc2ncsc2c1)c1cccc(Br)c1. The number of halogens is 1. The van der Waals surface area contributed by atoms with E-state index in [9.17, 15) is 0 Å². The monoisotopic (exact) mass is 332 g/mol. The molecule has 1 N–H and O–H groups in total. The van der Waals surface area contributed by atoms with Gasteiger partial charge in [-0.15, -0.1) is 11.3 Å². The van der Waals surface area contributed by atoms with E-state index in [-0.39, 0.29) is 6.04 Å². The highest BCUT2D eigenvalue weighted by Crippen LogP contribution is 2.26. The van der Waals surface area contributed by atoms with Crippen LogP contribution in [0.15, 0.2) is 52.4 Å². The van der Waals surface area contributed by atoms with Crippen LogP contribution >= 0.6 is 27.3 Å². The van der Waals surface area contributed by atoms with Gasteiger partial charge in [0.05, 0.1) is 15.7 Å². The lowest BCUT2D eigenvalue weighted by molar-refractivity contribution is 0.884. The van der Waals surface area contributed by atoms with Crippen LogP contribution in [0, 0.1) is 0 Å². The Labute approximate surface area is 124 Å². The number of hydrogen-bond acceptors (Lipinski definition) is 3. The van der Waals surface area contributed by atoms with Crippen molar-refractivity contribution in [2.45, 2.75) is 13.0 Å². The Morgan fingerprint density at radius 2 is 2.11 bits per heavy atom. The maximum Gasteiger partial charge on any atom is 0.0813 e. The second-order valence-electron chi connectivity index (χ2n) is 4.46. The van der Waals surface area contributed by atoms with Crippen LogP contribution in [0.4, 0.5) is 5.69 Å². The zero-order valence-electron chi connectivity index (χ0n) is 10.4. The fraction of sp³-hybridized carbons (Fsp3) is 0.133. The summed E-state index contributed by atoms with van der Waals surface area (Å²) < 4.78 is 2.32. The van der Waals surface area contributed by atoms with Crippen LogP contribution < -0.4 is 5.32 Å². The summed E-state index contributed by atoms with van der Waals surface area (Å²) >= 11 is 5.18. The van der Waals surface area contributed by atoms with E-state index < -0.39 is 0 Å². The Morgan fingerprint density at radius 3 is 2.95 bits per heavy atom. The summed E-state index contributed by atoms with van der Waals surface area (Å²) in [4.78, 5) is 4.29. The van der Waals surface area contributed by atoms with E-state index in [2.05, 4.69) is 69.6 Å². The number of hydrogen-bond donors (Lipinski definition) is 1. The number of fused-ring (bicyclic) bond motifs is 1. The van der Waals surface area contributed by atoms with Gasteiger partial charge in [-0.05, 0) is 42.8 Å². The molecule has 4 heteroatoms. The van der Waals surface area contributed by atoms with Gasteiger partial charge in [-0.25, -0.2) is 4.98 Å². The first-order valence-corrected chi connectivity index (χ1v) is 7.75. The van der Waals surface area contributed by atoms with Crippen molar-refractivity contribution >= 4 is 43.2 Å². The van der Waals surface area contributed by atoms with E-state index in [1.807, 2.05) is 11.6 Å². The van der Waals surface area contributed by atoms with Crippen LogP contribution in [-0.4, -0.2) is 4.98 Å². The van der Waals surface area contributed by atoms with E-state index in [0.29, 0.717) is 0 Å². The summed E-state index contributed by atoms with van der Waals surface area (Å²) in [7, 11) is 0. The Bertz CT molecular complexity index is 708. The lowest BCUT2D eigenvalue weighted by Crippen LogP contribution is -2.06. The summed E-state index contributed by atoms with van der Waals surface area (Å²) in [5.41, 5.74) is 5.33. The number of rotatable bonds is 3. The molecule has 96 valence electrons. The molecule has 0 amide bonds. The van der Waals surface area contributed by atoms with Crippen molar-refractivity contribution < 1.29 is 0 Å². The van der Waals surface area contributed by atoms with Crippen molar-refractivity contribution in [3.05, 3.63) is 58.0 Å². The average molecular weight is 333 g/mol. The molecule has 0 aliphatic carbocycles. The summed E-state index contributed by atoms with van der Waals surface area (Å²) in [6, 6.07) is 14.9. The Balaban J connectivity index is 1.83. The molecule has 1 aromatic heterocycles. The Kier molecular flexibility index (Phi) is 3.53. The van der Waals surface area contributed by atoms with E-state index in [1.165, 1.54) is 10.3 Å². The fourth-order valence-corrected chi connectivity index (χ4v) is 3.19. The maximum absolute atomic E-state index is 4.29. The second kappa shape index (κ2) is 5.31. The van der Waals surface area contributed by atoms with Crippen molar-refractivity contribution in [3.8, 4) is 0 Å². The molecule has 0 saturated carbocycles. The molecule has 0 aliphatic rings. The minimum absolute atomic E-state index is 0.267. The van der Waals surface area contributed by atoms with E-state index in [0.717, 1.165) is 15.7 Å². The molecule has 1 heterocycles. The molecular weight excluding hydrogens is 320 g/mol. The maximum atomic E-state index is 4.29. The van der Waals surface area contributed by atoms with Crippen molar-refractivity contribution in [1.29, 1.82) is 0 Å². The molecule has 0 radical (unpaired) electrons. The molecule has 3 rings (SSSR count). The first-order chi connectivity index (χ1) is 9.22. The van der Waals surface area contributed by atoms with Gasteiger partial charge in [0.25, 0.3) is 0 Å². The van der Waals surface area contributed by atoms with Crippen LogP contribution in [0.5, 0.6) is 0 Å². The van der Waals surface area contributed by atoms with Crippen molar-refractivity contribution in [1.82, 2.24) is 4.98 Å². The molecule has 0 saturated heterocycles. The number of benzene rings is 2. The molecule has 3 aromatic rings. The summed E-state index contributed by atoms with van der Waals surface area (Å²) in [5.74, 6) is 0. The quantitative estimate of drug-likeness (QED) is 0.710. The standard InChI is InChI=1S/C15H13BrN2S/c1-10(11-3-2-4-12(16)7-11)18-13-5-6-14-15(8-13)19-9-17-14/h2-10,18H,1H3. The lowest BCUT2D eigenvalue weighted by atomic mass is 10.1. The topological polar surface area (TPSA) is 24.9 Å². The van der Waals surface area contributed by atoms with Gasteiger partial charge in [0.1, 0.15) is 0 Å². The molecule has 1 unspecified atom stereocenters. The molecular formula is C15H13BrN2S. The largest absolute Gasteiger partial charge is 0.378 e. The highest BCUT2D eigenvalue weighted by Gasteiger charge is 2.06. The number of thiazole rings is 1. The molecule has 2 nitrogen and oxygen atoms in total. The molecule has 0 aliphatic heterocycles. The lowest BCUT2D eigenvalue weighted by Gasteiger charge is -2.16. The number of nitrogens with one attached hydrogen (secondary N) is 1. The predicted molar refractivity (Wildman–Crippen MR) is 85.8 cm³/mol. The first kappa shape index (κ1) is 12.6. The van der Waals surface area contributed by atoms with Crippen LogP contribution in [-0.2, 0) is 0 Å². The third kappa shape index (κ3) is 2.80. The van der Waals surface area contributed by atoms with Gasteiger partial charge in [0.2, 0.25) is 0 Å². The summed E-state index contributed by atoms with van der Waals surface area (Å²) in [5, 5.41) is 3.53. The number of nitrogens with zero attached hydrogens (tertiary/aromatic N) is 1. The van der Waals surface area contributed by atoms with E-state index in [4.69, 9.17) is 0 Å². The fourth-order valence-electron chi connectivity index (χ4n) is 2.05. The van der Waals surface area contributed by atoms with Gasteiger partial charge in [0, 0.05) is 16.2 Å². The smallest absolute Gasteiger partial charge is 0.0813 e. The second-order valence-corrected chi connectivity index (χ2v) is 6.26. The van der Waals surface area contributed by atoms with Gasteiger partial charge in [0.15, 0.2) is 0 Å². The first-order valence-electron chi connectivity index (χ1n) is 6.07. The molecule has 1 atom stereocenters. The minimum atomic E-state index is 0.267. The predicted octanol–water partition coefficient (Wildman–Crippen LogP) is 5.23. The normalized spacial score (nSPS) is 12.5. The van der Waals surface area contributed by atoms with Gasteiger partial charge in [-0.1, -0.05) is 28.1 Å². The number of anilines is 1. The zero-order chi connectivity index (χ0) is 13.2. The molecule has 0 bridgehead atoms. The highest BCUT2D eigenvalue weighted by atomic mass is 79.9. The molecule has 0 spiro atoms. The molecule has 19 heavy (non-hydrogen) atoms. The van der Waals surface area contributed by atoms with Crippen molar-refractivity contribution in [2.75, 3.05) is 5.32 Å². The van der Waals surface area contributed by atoms with Crippen molar-refractivity contribution in [3.63, 3.8) is 0 Å². The number of aromatic nitrogens is 1. The Hall–Kier alpha value is -1.39. The third-order valence-corrected chi connectivity index (χ3v) is 4.35. The van der Waals surface area contributed by atoms with Crippen LogP contribution in [0.1, 0.15) is 18.5 Å². The molecule has 0 fully saturated rings. The van der Waals surface area contributed by atoms with E-state index in [1.54, 1.807) is 11.3 Å². The van der Waals surface area contributed by atoms with Crippen LogP contribution in [0.25, 0.3) is 10.2 Å². The van der Waals surface area contributed by atoms with Gasteiger partial charge in [-0.2, -0.15) is 0 Å². The van der Waals surface area contributed by atoms with Gasteiger partial charge in [-0.3, -0.25) is 0 Å². The van der Waals surface area contributed by atoms with Crippen molar-refractivity contribution in [2.24, 2.45) is 0 Å². The van der Waals surface area contributed by atoms with Crippen LogP contribution in [0.2, 0.25) is 0 Å². The highest BCUT2D eigenvalue weighted by molar-refractivity contribution is 9.10. The van der Waals surface area contributed by atoms with Gasteiger partial charge < -0.3 is 5.32 Å². The zero-order valence-corrected chi connectivity index (χ0v) is 12.8. The van der Waals surface area contributed by atoms with Gasteiger partial charge >= 0.3 is 0 Å². The average Bonchev–Trinajstić information content (AvgIpc) is 2.86. The minimum Gasteiger partial charge on any atom is -0.378 e. The van der Waals surface area contributed by atoms with Crippen LogP contribution in [0.3, 0.4) is 0 Å². The summed E-state index contributed by atoms with van der Waals surface area (Å²) in [6.45, 7) is 2.17. The third-order valence-electron chi connectivity index (χ3n) is 3.06. The Morgan fingerprint density at radius 1 is 1.21 bits per heavy atom. The summed E-state index contributed by atoms with van der Waals surface area (Å²) in [6.07, 6.45) is 0.